The molecule has 0 aromatic heterocycles. The van der Waals surface area contributed by atoms with Gasteiger partial charge < -0.3 is 5.11 Å². The van der Waals surface area contributed by atoms with Crippen LogP contribution in [0.2, 0.25) is 0 Å². The molecule has 2 nitrogen and oxygen atoms in total. The van der Waals surface area contributed by atoms with Gasteiger partial charge in [0.15, 0.2) is 0 Å². The molecule has 0 bridgehead atoms. The lowest BCUT2D eigenvalue weighted by Crippen LogP contribution is -2.18. The first-order valence-electron chi connectivity index (χ1n) is 6.17. The van der Waals surface area contributed by atoms with Crippen molar-refractivity contribution in [1.82, 2.24) is 0 Å². The molecule has 0 aromatic carbocycles. The Morgan fingerprint density at radius 2 is 2.06 bits per heavy atom. The molecule has 1 atom stereocenters. The van der Waals surface area contributed by atoms with Gasteiger partial charge in [-0.15, -0.1) is 0 Å². The van der Waals surface area contributed by atoms with Gasteiger partial charge in [0.25, 0.3) is 0 Å². The quantitative estimate of drug-likeness (QED) is 0.802. The molecule has 0 radical (unpaired) electrons. The topological polar surface area (TPSA) is 37.3 Å². The third kappa shape index (κ3) is 4.59. The van der Waals surface area contributed by atoms with Crippen molar-refractivity contribution in [2.45, 2.75) is 40.5 Å². The van der Waals surface area contributed by atoms with Crippen LogP contribution < -0.4 is 0 Å². The standard InChI is InChI=1S/C15H22O2/c1-10(2)5-12-7-13(6-11(3)4)9-14(8-12)15(16)17/h5-7,10,14H,8-9H2,1-4H3,(H,16,17)/b12-5-. The summed E-state index contributed by atoms with van der Waals surface area (Å²) in [5, 5.41) is 9.17. The van der Waals surface area contributed by atoms with Crippen LogP contribution >= 0.6 is 0 Å². The van der Waals surface area contributed by atoms with Crippen LogP contribution in [-0.4, -0.2) is 11.1 Å². The summed E-state index contributed by atoms with van der Waals surface area (Å²) in [6.07, 6.45) is 7.70. The number of hydrogen-bond acceptors (Lipinski definition) is 1. The van der Waals surface area contributed by atoms with E-state index >= 15 is 0 Å². The van der Waals surface area contributed by atoms with Crippen LogP contribution in [0.4, 0.5) is 0 Å². The van der Waals surface area contributed by atoms with Crippen LogP contribution in [0.25, 0.3) is 0 Å². The van der Waals surface area contributed by atoms with E-state index in [-0.39, 0.29) is 5.92 Å². The summed E-state index contributed by atoms with van der Waals surface area (Å²) < 4.78 is 0. The molecule has 1 rings (SSSR count). The normalized spacial score (nSPS) is 22.5. The van der Waals surface area contributed by atoms with Crippen LogP contribution in [0.5, 0.6) is 0 Å². The highest BCUT2D eigenvalue weighted by atomic mass is 16.4. The van der Waals surface area contributed by atoms with E-state index in [2.05, 4.69) is 32.1 Å². The Morgan fingerprint density at radius 3 is 2.53 bits per heavy atom. The predicted molar refractivity (Wildman–Crippen MR) is 70.8 cm³/mol. The Hall–Kier alpha value is -1.31. The van der Waals surface area contributed by atoms with Gasteiger partial charge in [-0.25, -0.2) is 0 Å². The zero-order valence-electron chi connectivity index (χ0n) is 11.2. The van der Waals surface area contributed by atoms with Gasteiger partial charge in [-0.2, -0.15) is 0 Å². The number of carbonyl (C=O) groups is 1. The maximum Gasteiger partial charge on any atom is 0.307 e. The molecule has 2 heteroatoms. The molecule has 0 aliphatic heterocycles. The highest BCUT2D eigenvalue weighted by Gasteiger charge is 2.23. The zero-order chi connectivity index (χ0) is 13.0. The lowest BCUT2D eigenvalue weighted by atomic mass is 9.84. The van der Waals surface area contributed by atoms with Crippen molar-refractivity contribution in [3.63, 3.8) is 0 Å². The molecule has 0 amide bonds. The van der Waals surface area contributed by atoms with Crippen LogP contribution in [0.1, 0.15) is 40.5 Å². The van der Waals surface area contributed by atoms with Crippen molar-refractivity contribution in [2.24, 2.45) is 11.8 Å². The van der Waals surface area contributed by atoms with Crippen LogP contribution in [0, 0.1) is 11.8 Å². The molecule has 1 N–H and O–H groups in total. The van der Waals surface area contributed by atoms with E-state index in [9.17, 15) is 4.79 Å². The second-order valence-corrected chi connectivity index (χ2v) is 5.37. The summed E-state index contributed by atoms with van der Waals surface area (Å²) >= 11 is 0. The van der Waals surface area contributed by atoms with Crippen LogP contribution in [-0.2, 0) is 4.79 Å². The van der Waals surface area contributed by atoms with Gasteiger partial charge in [-0.3, -0.25) is 4.79 Å². The molecule has 0 heterocycles. The Morgan fingerprint density at radius 1 is 1.41 bits per heavy atom. The molecular formula is C15H22O2. The SMILES string of the molecule is CC(C)=CC1=C/C(=C/C(C)C)CC(C(=O)O)C1. The first kappa shape index (κ1) is 13.8. The molecule has 0 aromatic rings. The second kappa shape index (κ2) is 5.85. The highest BCUT2D eigenvalue weighted by Crippen LogP contribution is 2.30. The van der Waals surface area contributed by atoms with Crippen molar-refractivity contribution < 1.29 is 9.90 Å². The Bertz CT molecular complexity index is 380. The molecule has 1 aliphatic rings. The summed E-state index contributed by atoms with van der Waals surface area (Å²) in [6.45, 7) is 8.31. The van der Waals surface area contributed by atoms with Crippen molar-refractivity contribution in [1.29, 1.82) is 0 Å². The fourth-order valence-electron chi connectivity index (χ4n) is 2.19. The first-order valence-corrected chi connectivity index (χ1v) is 6.17. The zero-order valence-corrected chi connectivity index (χ0v) is 11.2. The fourth-order valence-corrected chi connectivity index (χ4v) is 2.19. The molecule has 0 saturated carbocycles. The van der Waals surface area contributed by atoms with Crippen molar-refractivity contribution in [2.75, 3.05) is 0 Å². The van der Waals surface area contributed by atoms with Gasteiger partial charge in [-0.1, -0.05) is 43.2 Å². The van der Waals surface area contributed by atoms with E-state index in [0.29, 0.717) is 18.8 Å². The fraction of sp³-hybridized carbons (Fsp3) is 0.533. The predicted octanol–water partition coefficient (Wildman–Crippen LogP) is 3.96. The van der Waals surface area contributed by atoms with Crippen LogP contribution in [0.15, 0.2) is 34.9 Å². The summed E-state index contributed by atoms with van der Waals surface area (Å²) in [6, 6.07) is 0. The Balaban J connectivity index is 3.00. The molecule has 1 aliphatic carbocycles. The molecule has 17 heavy (non-hydrogen) atoms. The number of carboxylic acids is 1. The third-order valence-electron chi connectivity index (χ3n) is 2.71. The lowest BCUT2D eigenvalue weighted by molar-refractivity contribution is -0.141. The Kier molecular flexibility index (Phi) is 4.73. The van der Waals surface area contributed by atoms with Crippen molar-refractivity contribution >= 4 is 5.97 Å². The maximum absolute atomic E-state index is 11.1. The van der Waals surface area contributed by atoms with E-state index in [1.165, 1.54) is 5.57 Å². The van der Waals surface area contributed by atoms with Crippen molar-refractivity contribution in [3.05, 3.63) is 34.9 Å². The lowest BCUT2D eigenvalue weighted by Gasteiger charge is -2.20. The number of carboxylic acid groups (broad SMARTS) is 1. The van der Waals surface area contributed by atoms with E-state index in [1.54, 1.807) is 0 Å². The minimum atomic E-state index is -0.688. The monoisotopic (exact) mass is 234 g/mol. The molecule has 94 valence electrons. The van der Waals surface area contributed by atoms with E-state index in [0.717, 1.165) is 11.1 Å². The average Bonchev–Trinajstić information content (AvgIpc) is 2.14. The van der Waals surface area contributed by atoms with E-state index < -0.39 is 5.97 Å². The largest absolute Gasteiger partial charge is 0.481 e. The summed E-state index contributed by atoms with van der Waals surface area (Å²) in [5.41, 5.74) is 3.51. The molecular weight excluding hydrogens is 212 g/mol. The third-order valence-corrected chi connectivity index (χ3v) is 2.71. The minimum Gasteiger partial charge on any atom is -0.481 e. The number of aliphatic carboxylic acids is 1. The number of rotatable bonds is 3. The maximum atomic E-state index is 11.1. The number of allylic oxidation sites excluding steroid dienone is 6. The van der Waals surface area contributed by atoms with E-state index in [1.807, 2.05) is 13.8 Å². The second-order valence-electron chi connectivity index (χ2n) is 5.37. The molecule has 0 saturated heterocycles. The van der Waals surface area contributed by atoms with Gasteiger partial charge in [0.2, 0.25) is 0 Å². The van der Waals surface area contributed by atoms with Gasteiger partial charge >= 0.3 is 5.97 Å². The first-order chi connectivity index (χ1) is 7.88. The smallest absolute Gasteiger partial charge is 0.307 e. The minimum absolute atomic E-state index is 0.268. The van der Waals surface area contributed by atoms with Gasteiger partial charge in [0.1, 0.15) is 0 Å². The van der Waals surface area contributed by atoms with Crippen molar-refractivity contribution in [3.8, 4) is 0 Å². The highest BCUT2D eigenvalue weighted by molar-refractivity contribution is 5.72. The molecule has 0 spiro atoms. The van der Waals surface area contributed by atoms with Gasteiger partial charge in [0, 0.05) is 0 Å². The summed E-state index contributed by atoms with van der Waals surface area (Å²) in [4.78, 5) is 11.1. The molecule has 1 unspecified atom stereocenters. The van der Waals surface area contributed by atoms with Crippen LogP contribution in [0.3, 0.4) is 0 Å². The summed E-state index contributed by atoms with van der Waals surface area (Å²) in [7, 11) is 0. The van der Waals surface area contributed by atoms with Gasteiger partial charge in [0.05, 0.1) is 5.92 Å². The summed E-state index contributed by atoms with van der Waals surface area (Å²) in [5.74, 6) is -0.496. The Labute approximate surface area is 104 Å². The average molecular weight is 234 g/mol. The molecule has 0 fully saturated rings. The van der Waals surface area contributed by atoms with Gasteiger partial charge in [-0.05, 0) is 38.2 Å². The van der Waals surface area contributed by atoms with E-state index in [4.69, 9.17) is 5.11 Å². The number of hydrogen-bond donors (Lipinski definition) is 1.